The summed E-state index contributed by atoms with van der Waals surface area (Å²) in [5, 5.41) is 3.60. The number of hydrogen-bond donors (Lipinski definition) is 1. The number of rotatable bonds is 6. The highest BCUT2D eigenvalue weighted by molar-refractivity contribution is 5.30. The van der Waals surface area contributed by atoms with Gasteiger partial charge in [-0.3, -0.25) is 0 Å². The second kappa shape index (κ2) is 7.24. The van der Waals surface area contributed by atoms with E-state index in [0.717, 1.165) is 25.6 Å². The molecule has 0 heterocycles. The summed E-state index contributed by atoms with van der Waals surface area (Å²) in [6.07, 6.45) is 5.30. The Balaban J connectivity index is 2.09. The third-order valence-electron chi connectivity index (χ3n) is 4.84. The minimum atomic E-state index is 0.327. The molecule has 0 unspecified atom stereocenters. The molecule has 0 atom stereocenters. The predicted octanol–water partition coefficient (Wildman–Crippen LogP) is 3.68. The number of methoxy groups -OCH3 is 1. The summed E-state index contributed by atoms with van der Waals surface area (Å²) in [7, 11) is 1.76. The van der Waals surface area contributed by atoms with Crippen molar-refractivity contribution in [1.29, 1.82) is 0 Å². The van der Waals surface area contributed by atoms with Crippen molar-refractivity contribution in [2.75, 3.05) is 26.8 Å². The summed E-state index contributed by atoms with van der Waals surface area (Å²) < 4.78 is 5.14. The number of nitrogens with one attached hydrogen (secondary N) is 1. The van der Waals surface area contributed by atoms with Gasteiger partial charge in [0, 0.05) is 25.6 Å². The Labute approximate surface area is 123 Å². The molecule has 1 aliphatic carbocycles. The molecule has 20 heavy (non-hydrogen) atoms. The molecule has 0 aromatic heterocycles. The Morgan fingerprint density at radius 2 is 1.85 bits per heavy atom. The molecule has 0 amide bonds. The largest absolute Gasteiger partial charge is 0.383 e. The van der Waals surface area contributed by atoms with Gasteiger partial charge in [-0.25, -0.2) is 0 Å². The van der Waals surface area contributed by atoms with Gasteiger partial charge in [0.2, 0.25) is 0 Å². The maximum absolute atomic E-state index is 5.14. The van der Waals surface area contributed by atoms with Crippen molar-refractivity contribution in [3.63, 3.8) is 0 Å². The lowest BCUT2D eigenvalue weighted by atomic mass is 9.67. The minimum Gasteiger partial charge on any atom is -0.383 e. The first-order chi connectivity index (χ1) is 9.66. The monoisotopic (exact) mass is 275 g/mol. The molecule has 2 nitrogen and oxygen atoms in total. The molecule has 1 aliphatic rings. The molecule has 2 rings (SSSR count). The molecule has 112 valence electrons. The molecule has 2 heteroatoms. The van der Waals surface area contributed by atoms with Crippen molar-refractivity contribution in [3.8, 4) is 0 Å². The Morgan fingerprint density at radius 3 is 2.45 bits per heavy atom. The topological polar surface area (TPSA) is 21.3 Å². The van der Waals surface area contributed by atoms with E-state index >= 15 is 0 Å². The van der Waals surface area contributed by atoms with Crippen LogP contribution in [0.5, 0.6) is 0 Å². The molecular weight excluding hydrogens is 246 g/mol. The molecule has 1 N–H and O–H groups in total. The third kappa shape index (κ3) is 3.83. The zero-order chi connectivity index (χ0) is 14.4. The van der Waals surface area contributed by atoms with Crippen LogP contribution in [0.25, 0.3) is 0 Å². The maximum Gasteiger partial charge on any atom is 0.0587 e. The normalized spacial score (nSPS) is 26.6. The van der Waals surface area contributed by atoms with E-state index in [4.69, 9.17) is 4.74 Å². The highest BCUT2D eigenvalue weighted by Crippen LogP contribution is 2.41. The fourth-order valence-corrected chi connectivity index (χ4v) is 3.29. The Bertz CT molecular complexity index is 390. The van der Waals surface area contributed by atoms with Crippen molar-refractivity contribution in [1.82, 2.24) is 5.32 Å². The fraction of sp³-hybridized carbons (Fsp3) is 0.667. The van der Waals surface area contributed by atoms with Crippen molar-refractivity contribution < 1.29 is 4.74 Å². The van der Waals surface area contributed by atoms with Crippen molar-refractivity contribution in [2.24, 2.45) is 5.92 Å². The van der Waals surface area contributed by atoms with E-state index in [-0.39, 0.29) is 0 Å². The average Bonchev–Trinajstić information content (AvgIpc) is 2.47. The maximum atomic E-state index is 5.14. The summed E-state index contributed by atoms with van der Waals surface area (Å²) >= 11 is 0. The van der Waals surface area contributed by atoms with Gasteiger partial charge in [-0.15, -0.1) is 0 Å². The molecule has 0 aliphatic heterocycles. The van der Waals surface area contributed by atoms with Gasteiger partial charge in [0.15, 0.2) is 0 Å². The summed E-state index contributed by atoms with van der Waals surface area (Å²) in [6.45, 7) is 7.36. The molecule has 0 radical (unpaired) electrons. The number of ether oxygens (including phenoxy) is 1. The molecule has 1 aromatic rings. The van der Waals surface area contributed by atoms with Gasteiger partial charge >= 0.3 is 0 Å². The van der Waals surface area contributed by atoms with Gasteiger partial charge in [0.05, 0.1) is 6.61 Å². The van der Waals surface area contributed by atoms with E-state index in [1.807, 2.05) is 0 Å². The molecule has 0 saturated heterocycles. The SMILES string of the molecule is COCCNCC1(c2ccc(C)cc2)CCC(C)CC1. The first-order valence-electron chi connectivity index (χ1n) is 7.93. The lowest BCUT2D eigenvalue weighted by Crippen LogP contribution is -2.42. The number of hydrogen-bond acceptors (Lipinski definition) is 2. The van der Waals surface area contributed by atoms with Crippen LogP contribution >= 0.6 is 0 Å². The molecular formula is C18H29NO. The summed E-state index contributed by atoms with van der Waals surface area (Å²) in [6, 6.07) is 9.18. The van der Waals surface area contributed by atoms with Crippen LogP contribution in [0.15, 0.2) is 24.3 Å². The van der Waals surface area contributed by atoms with Crippen molar-refractivity contribution >= 4 is 0 Å². The van der Waals surface area contributed by atoms with Crippen LogP contribution in [-0.4, -0.2) is 26.8 Å². The number of aryl methyl sites for hydroxylation is 1. The zero-order valence-corrected chi connectivity index (χ0v) is 13.2. The quantitative estimate of drug-likeness (QED) is 0.800. The van der Waals surface area contributed by atoms with Crippen molar-refractivity contribution in [2.45, 2.75) is 44.9 Å². The van der Waals surface area contributed by atoms with Gasteiger partial charge in [0.1, 0.15) is 0 Å². The summed E-state index contributed by atoms with van der Waals surface area (Å²) in [5.41, 5.74) is 3.19. The van der Waals surface area contributed by atoms with Crippen LogP contribution in [0, 0.1) is 12.8 Å². The first-order valence-corrected chi connectivity index (χ1v) is 7.93. The third-order valence-corrected chi connectivity index (χ3v) is 4.84. The lowest BCUT2D eigenvalue weighted by molar-refractivity contribution is 0.187. The highest BCUT2D eigenvalue weighted by atomic mass is 16.5. The molecule has 1 aromatic carbocycles. The lowest BCUT2D eigenvalue weighted by Gasteiger charge is -2.40. The minimum absolute atomic E-state index is 0.327. The van der Waals surface area contributed by atoms with Crippen LogP contribution < -0.4 is 5.32 Å². The van der Waals surface area contributed by atoms with E-state index in [2.05, 4.69) is 43.4 Å². The Morgan fingerprint density at radius 1 is 1.20 bits per heavy atom. The zero-order valence-electron chi connectivity index (χ0n) is 13.2. The van der Waals surface area contributed by atoms with E-state index in [9.17, 15) is 0 Å². The Hall–Kier alpha value is -0.860. The highest BCUT2D eigenvalue weighted by Gasteiger charge is 2.35. The van der Waals surface area contributed by atoms with Crippen LogP contribution in [0.3, 0.4) is 0 Å². The van der Waals surface area contributed by atoms with Crippen molar-refractivity contribution in [3.05, 3.63) is 35.4 Å². The van der Waals surface area contributed by atoms with Gasteiger partial charge < -0.3 is 10.1 Å². The predicted molar refractivity (Wildman–Crippen MR) is 85.2 cm³/mol. The molecule has 0 bridgehead atoms. The van der Waals surface area contributed by atoms with Gasteiger partial charge in [-0.05, 0) is 44.1 Å². The van der Waals surface area contributed by atoms with Crippen LogP contribution in [0.2, 0.25) is 0 Å². The van der Waals surface area contributed by atoms with Crippen LogP contribution in [0.1, 0.15) is 43.7 Å². The molecule has 0 spiro atoms. The Kier molecular flexibility index (Phi) is 5.62. The van der Waals surface area contributed by atoms with Gasteiger partial charge in [-0.2, -0.15) is 0 Å². The second-order valence-corrected chi connectivity index (χ2v) is 6.50. The van der Waals surface area contributed by atoms with Crippen LogP contribution in [-0.2, 0) is 10.2 Å². The first kappa shape index (κ1) is 15.5. The average molecular weight is 275 g/mol. The number of benzene rings is 1. The van der Waals surface area contributed by atoms with E-state index in [1.165, 1.54) is 36.8 Å². The fourth-order valence-electron chi connectivity index (χ4n) is 3.29. The molecule has 1 fully saturated rings. The summed E-state index contributed by atoms with van der Waals surface area (Å²) in [5.74, 6) is 0.882. The smallest absolute Gasteiger partial charge is 0.0587 e. The van der Waals surface area contributed by atoms with Gasteiger partial charge in [0.25, 0.3) is 0 Å². The van der Waals surface area contributed by atoms with E-state index in [1.54, 1.807) is 7.11 Å². The summed E-state index contributed by atoms with van der Waals surface area (Å²) in [4.78, 5) is 0. The standard InChI is InChI=1S/C18H29NO/c1-15-4-6-17(7-5-15)18(14-19-12-13-20-3)10-8-16(2)9-11-18/h4-7,16,19H,8-14H2,1-3H3. The van der Waals surface area contributed by atoms with E-state index < -0.39 is 0 Å². The molecule has 1 saturated carbocycles. The second-order valence-electron chi connectivity index (χ2n) is 6.50. The van der Waals surface area contributed by atoms with Gasteiger partial charge in [-0.1, -0.05) is 36.8 Å². The van der Waals surface area contributed by atoms with Crippen LogP contribution in [0.4, 0.5) is 0 Å². The van der Waals surface area contributed by atoms with E-state index in [0.29, 0.717) is 5.41 Å².